The zero-order chi connectivity index (χ0) is 20.1. The maximum absolute atomic E-state index is 11.8. The number of aromatic nitrogens is 2. The second kappa shape index (κ2) is 8.30. The third kappa shape index (κ3) is 4.70. The Hall–Kier alpha value is -3.75. The summed E-state index contributed by atoms with van der Waals surface area (Å²) in [6.45, 7) is 3.50. The van der Waals surface area contributed by atoms with Gasteiger partial charge < -0.3 is 14.0 Å². The van der Waals surface area contributed by atoms with Crippen molar-refractivity contribution in [3.8, 4) is 17.1 Å². The van der Waals surface area contributed by atoms with Crippen molar-refractivity contribution in [2.24, 2.45) is 0 Å². The van der Waals surface area contributed by atoms with E-state index in [2.05, 4.69) is 10.1 Å². The molecule has 3 aromatic rings. The number of rotatable bonds is 7. The molecule has 0 saturated carbocycles. The summed E-state index contributed by atoms with van der Waals surface area (Å²) in [7, 11) is 0. The van der Waals surface area contributed by atoms with Crippen LogP contribution in [0.25, 0.3) is 11.4 Å². The van der Waals surface area contributed by atoms with E-state index in [0.717, 1.165) is 11.1 Å². The third-order valence-electron chi connectivity index (χ3n) is 4.00. The number of nitro groups is 1. The van der Waals surface area contributed by atoms with Gasteiger partial charge in [-0.2, -0.15) is 4.98 Å². The van der Waals surface area contributed by atoms with Crippen molar-refractivity contribution < 1.29 is 23.7 Å². The molecule has 0 radical (unpaired) electrons. The summed E-state index contributed by atoms with van der Waals surface area (Å²) in [4.78, 5) is 26.1. The van der Waals surface area contributed by atoms with E-state index in [0.29, 0.717) is 11.3 Å². The molecule has 0 aliphatic carbocycles. The van der Waals surface area contributed by atoms with Crippen LogP contribution in [0.3, 0.4) is 0 Å². The monoisotopic (exact) mass is 383 g/mol. The average Bonchev–Trinajstić information content (AvgIpc) is 3.16. The molecule has 0 atom stereocenters. The molecule has 0 amide bonds. The summed E-state index contributed by atoms with van der Waals surface area (Å²) >= 11 is 0. The predicted octanol–water partition coefficient (Wildman–Crippen LogP) is 3.38. The number of aryl methyl sites for hydroxylation is 2. The third-order valence-corrected chi connectivity index (χ3v) is 4.00. The van der Waals surface area contributed by atoms with E-state index in [1.54, 1.807) is 6.07 Å². The lowest BCUT2D eigenvalue weighted by Crippen LogP contribution is -2.15. The highest BCUT2D eigenvalue weighted by molar-refractivity contribution is 5.71. The van der Waals surface area contributed by atoms with Gasteiger partial charge in [-0.25, -0.2) is 4.79 Å². The van der Waals surface area contributed by atoms with Gasteiger partial charge in [0.25, 0.3) is 11.6 Å². The molecular weight excluding hydrogens is 366 g/mol. The van der Waals surface area contributed by atoms with Gasteiger partial charge in [0.15, 0.2) is 13.2 Å². The van der Waals surface area contributed by atoms with E-state index >= 15 is 0 Å². The van der Waals surface area contributed by atoms with Gasteiger partial charge in [-0.15, -0.1) is 0 Å². The molecule has 0 spiro atoms. The quantitative estimate of drug-likeness (QED) is 0.346. The molecule has 9 nitrogen and oxygen atoms in total. The smallest absolute Gasteiger partial charge is 0.344 e. The molecule has 3 rings (SSSR count). The lowest BCUT2D eigenvalue weighted by atomic mass is 10.1. The molecule has 0 aliphatic heterocycles. The molecule has 1 aromatic heterocycles. The Balaban J connectivity index is 1.51. The first-order valence-electron chi connectivity index (χ1n) is 8.35. The van der Waals surface area contributed by atoms with E-state index in [-0.39, 0.29) is 30.6 Å². The summed E-state index contributed by atoms with van der Waals surface area (Å²) in [5.74, 6) is 0.354. The molecule has 144 valence electrons. The van der Waals surface area contributed by atoms with Gasteiger partial charge in [0.05, 0.1) is 4.92 Å². The number of hydrogen-bond donors (Lipinski definition) is 0. The summed E-state index contributed by atoms with van der Waals surface area (Å²) in [5.41, 5.74) is 2.71. The maximum Gasteiger partial charge on any atom is 0.344 e. The Bertz CT molecular complexity index is 997. The Morgan fingerprint density at radius 1 is 1.14 bits per heavy atom. The largest absolute Gasteiger partial charge is 0.482 e. The van der Waals surface area contributed by atoms with Gasteiger partial charge in [0.1, 0.15) is 5.75 Å². The number of non-ortho nitro benzene ring substituents is 1. The molecule has 9 heteroatoms. The van der Waals surface area contributed by atoms with Crippen molar-refractivity contribution in [2.45, 2.75) is 20.5 Å². The Morgan fingerprint density at radius 3 is 2.57 bits per heavy atom. The number of esters is 1. The molecule has 28 heavy (non-hydrogen) atoms. The van der Waals surface area contributed by atoms with Crippen molar-refractivity contribution in [3.05, 3.63) is 69.6 Å². The summed E-state index contributed by atoms with van der Waals surface area (Å²) in [5, 5.41) is 14.4. The van der Waals surface area contributed by atoms with Crippen LogP contribution in [0.5, 0.6) is 5.75 Å². The van der Waals surface area contributed by atoms with E-state index in [4.69, 9.17) is 14.0 Å². The summed E-state index contributed by atoms with van der Waals surface area (Å²) in [6, 6.07) is 11.2. The topological polar surface area (TPSA) is 118 Å². The Kier molecular flexibility index (Phi) is 5.64. The van der Waals surface area contributed by atoms with Crippen LogP contribution in [0, 0.1) is 24.0 Å². The fourth-order valence-corrected chi connectivity index (χ4v) is 2.29. The van der Waals surface area contributed by atoms with Crippen LogP contribution in [-0.4, -0.2) is 27.6 Å². The van der Waals surface area contributed by atoms with Crippen molar-refractivity contribution in [1.29, 1.82) is 0 Å². The van der Waals surface area contributed by atoms with Crippen LogP contribution in [-0.2, 0) is 16.1 Å². The minimum absolute atomic E-state index is 0.0369. The van der Waals surface area contributed by atoms with Crippen molar-refractivity contribution in [2.75, 3.05) is 6.61 Å². The minimum atomic E-state index is -0.576. The first-order chi connectivity index (χ1) is 13.4. The first kappa shape index (κ1) is 19.0. The molecule has 0 unspecified atom stereocenters. The van der Waals surface area contributed by atoms with Gasteiger partial charge in [0.2, 0.25) is 5.82 Å². The molecule has 2 aromatic carbocycles. The summed E-state index contributed by atoms with van der Waals surface area (Å²) < 4.78 is 15.5. The highest BCUT2D eigenvalue weighted by atomic mass is 16.6. The fourth-order valence-electron chi connectivity index (χ4n) is 2.29. The van der Waals surface area contributed by atoms with Crippen LogP contribution >= 0.6 is 0 Å². The molecule has 0 fully saturated rings. The number of hydrogen-bond acceptors (Lipinski definition) is 8. The molecule has 0 saturated heterocycles. The van der Waals surface area contributed by atoms with Gasteiger partial charge in [-0.3, -0.25) is 10.1 Å². The molecule has 0 aliphatic rings. The van der Waals surface area contributed by atoms with Crippen molar-refractivity contribution in [3.63, 3.8) is 0 Å². The molecule has 0 N–H and O–H groups in total. The second-order valence-corrected chi connectivity index (χ2v) is 6.01. The molecule has 0 bridgehead atoms. The lowest BCUT2D eigenvalue weighted by molar-refractivity contribution is -0.384. The van der Waals surface area contributed by atoms with E-state index in [1.165, 1.54) is 24.3 Å². The van der Waals surface area contributed by atoms with Gasteiger partial charge in [0, 0.05) is 17.7 Å². The molecular formula is C19H17N3O6. The first-order valence-corrected chi connectivity index (χ1v) is 8.35. The van der Waals surface area contributed by atoms with E-state index in [1.807, 2.05) is 26.0 Å². The number of carbonyl (C=O) groups is 1. The molecule has 1 heterocycles. The average molecular weight is 383 g/mol. The fraction of sp³-hybridized carbons (Fsp3) is 0.211. The standard InChI is InChI=1S/C19H17N3O6/c1-12-3-8-16(9-13(12)2)26-11-18(23)27-10-17-20-19(21-28-17)14-4-6-15(7-5-14)22(24)25/h3-9H,10-11H2,1-2H3. The number of ether oxygens (including phenoxy) is 2. The van der Waals surface area contributed by atoms with E-state index in [9.17, 15) is 14.9 Å². The second-order valence-electron chi connectivity index (χ2n) is 6.01. The normalized spacial score (nSPS) is 10.5. The predicted molar refractivity (Wildman–Crippen MR) is 97.6 cm³/mol. The van der Waals surface area contributed by atoms with Gasteiger partial charge in [-0.05, 0) is 49.2 Å². The SMILES string of the molecule is Cc1ccc(OCC(=O)OCc2nc(-c3ccc([N+](=O)[O-])cc3)no2)cc1C. The van der Waals surface area contributed by atoms with E-state index < -0.39 is 10.9 Å². The Morgan fingerprint density at radius 2 is 1.89 bits per heavy atom. The maximum atomic E-state index is 11.8. The summed E-state index contributed by atoms with van der Waals surface area (Å²) in [6.07, 6.45) is 0. The number of benzene rings is 2. The van der Waals surface area contributed by atoms with Gasteiger partial charge in [-0.1, -0.05) is 11.2 Å². The van der Waals surface area contributed by atoms with Crippen molar-refractivity contribution >= 4 is 11.7 Å². The number of nitrogens with zero attached hydrogens (tertiary/aromatic N) is 3. The lowest BCUT2D eigenvalue weighted by Gasteiger charge is -2.07. The van der Waals surface area contributed by atoms with Crippen LogP contribution in [0.1, 0.15) is 17.0 Å². The van der Waals surface area contributed by atoms with Crippen molar-refractivity contribution in [1.82, 2.24) is 10.1 Å². The van der Waals surface area contributed by atoms with Crippen LogP contribution in [0.2, 0.25) is 0 Å². The highest BCUT2D eigenvalue weighted by Gasteiger charge is 2.13. The van der Waals surface area contributed by atoms with Crippen LogP contribution in [0.15, 0.2) is 47.0 Å². The highest BCUT2D eigenvalue weighted by Crippen LogP contribution is 2.20. The Labute approximate surface area is 160 Å². The zero-order valence-electron chi connectivity index (χ0n) is 15.2. The number of nitro benzene ring substituents is 1. The van der Waals surface area contributed by atoms with Gasteiger partial charge >= 0.3 is 5.97 Å². The minimum Gasteiger partial charge on any atom is -0.482 e. The number of carbonyl (C=O) groups excluding carboxylic acids is 1. The van der Waals surface area contributed by atoms with Crippen LogP contribution < -0.4 is 4.74 Å². The van der Waals surface area contributed by atoms with Crippen LogP contribution in [0.4, 0.5) is 5.69 Å². The zero-order valence-corrected chi connectivity index (χ0v) is 15.2.